The van der Waals surface area contributed by atoms with Crippen molar-refractivity contribution < 1.29 is 4.39 Å². The van der Waals surface area contributed by atoms with Crippen LogP contribution in [0.25, 0.3) is 0 Å². The SMILES string of the molecule is CCCNC(CCC)CCCc1cc(F)ccc1C. The fourth-order valence-corrected chi connectivity index (χ4v) is 2.49. The van der Waals surface area contributed by atoms with E-state index in [4.69, 9.17) is 0 Å². The summed E-state index contributed by atoms with van der Waals surface area (Å²) in [6.45, 7) is 7.60. The molecule has 2 heteroatoms. The van der Waals surface area contributed by atoms with Crippen LogP contribution in [0.1, 0.15) is 57.1 Å². The quantitative estimate of drug-likeness (QED) is 0.686. The Labute approximate surface area is 117 Å². The van der Waals surface area contributed by atoms with Crippen LogP contribution >= 0.6 is 0 Å². The topological polar surface area (TPSA) is 12.0 Å². The van der Waals surface area contributed by atoms with Crippen molar-refractivity contribution in [3.63, 3.8) is 0 Å². The lowest BCUT2D eigenvalue weighted by atomic mass is 9.99. The van der Waals surface area contributed by atoms with Crippen molar-refractivity contribution in [3.8, 4) is 0 Å². The van der Waals surface area contributed by atoms with E-state index in [0.717, 1.165) is 24.9 Å². The fourth-order valence-electron chi connectivity index (χ4n) is 2.49. The van der Waals surface area contributed by atoms with E-state index in [2.05, 4.69) is 26.1 Å². The van der Waals surface area contributed by atoms with Crippen molar-refractivity contribution in [2.45, 2.75) is 65.3 Å². The minimum absolute atomic E-state index is 0.116. The molecule has 0 aromatic heterocycles. The van der Waals surface area contributed by atoms with Gasteiger partial charge in [0.05, 0.1) is 0 Å². The van der Waals surface area contributed by atoms with E-state index in [1.165, 1.54) is 31.2 Å². The summed E-state index contributed by atoms with van der Waals surface area (Å²) in [5.41, 5.74) is 2.36. The van der Waals surface area contributed by atoms with Gasteiger partial charge >= 0.3 is 0 Å². The third-order valence-electron chi connectivity index (χ3n) is 3.63. The summed E-state index contributed by atoms with van der Waals surface area (Å²) >= 11 is 0. The van der Waals surface area contributed by atoms with Gasteiger partial charge in [0.25, 0.3) is 0 Å². The van der Waals surface area contributed by atoms with Gasteiger partial charge in [-0.15, -0.1) is 0 Å². The molecule has 0 aliphatic rings. The fraction of sp³-hybridized carbons (Fsp3) is 0.647. The summed E-state index contributed by atoms with van der Waals surface area (Å²) < 4.78 is 13.2. The second-order valence-corrected chi connectivity index (χ2v) is 5.40. The van der Waals surface area contributed by atoms with Crippen LogP contribution < -0.4 is 5.32 Å². The molecule has 1 unspecified atom stereocenters. The Morgan fingerprint density at radius 3 is 2.63 bits per heavy atom. The molecule has 0 aliphatic heterocycles. The number of hydrogen-bond donors (Lipinski definition) is 1. The van der Waals surface area contributed by atoms with Gasteiger partial charge in [0.2, 0.25) is 0 Å². The van der Waals surface area contributed by atoms with Crippen molar-refractivity contribution in [1.82, 2.24) is 5.32 Å². The van der Waals surface area contributed by atoms with Crippen LogP contribution in [0.2, 0.25) is 0 Å². The molecule has 1 N–H and O–H groups in total. The van der Waals surface area contributed by atoms with Gasteiger partial charge < -0.3 is 5.32 Å². The average molecular weight is 265 g/mol. The zero-order valence-electron chi connectivity index (χ0n) is 12.6. The first-order valence-electron chi connectivity index (χ1n) is 7.65. The van der Waals surface area contributed by atoms with Crippen molar-refractivity contribution in [2.75, 3.05) is 6.54 Å². The average Bonchev–Trinajstić information content (AvgIpc) is 2.40. The summed E-state index contributed by atoms with van der Waals surface area (Å²) in [6.07, 6.45) is 6.94. The molecule has 1 rings (SSSR count). The molecule has 0 amide bonds. The van der Waals surface area contributed by atoms with Crippen LogP contribution in [-0.2, 0) is 6.42 Å². The predicted molar refractivity (Wildman–Crippen MR) is 81.1 cm³/mol. The summed E-state index contributed by atoms with van der Waals surface area (Å²) in [5.74, 6) is -0.116. The van der Waals surface area contributed by atoms with Crippen LogP contribution in [-0.4, -0.2) is 12.6 Å². The summed E-state index contributed by atoms with van der Waals surface area (Å²) in [5, 5.41) is 3.61. The maximum Gasteiger partial charge on any atom is 0.123 e. The monoisotopic (exact) mass is 265 g/mol. The lowest BCUT2D eigenvalue weighted by molar-refractivity contribution is 0.437. The minimum atomic E-state index is -0.116. The van der Waals surface area contributed by atoms with Crippen molar-refractivity contribution >= 4 is 0 Å². The number of benzene rings is 1. The molecule has 0 heterocycles. The van der Waals surface area contributed by atoms with E-state index in [1.807, 2.05) is 6.07 Å². The molecule has 108 valence electrons. The number of halogens is 1. The van der Waals surface area contributed by atoms with Crippen LogP contribution in [0.4, 0.5) is 4.39 Å². The molecule has 1 aromatic rings. The van der Waals surface area contributed by atoms with Gasteiger partial charge in [-0.05, 0) is 68.8 Å². The Hall–Kier alpha value is -0.890. The molecule has 1 aromatic carbocycles. The Morgan fingerprint density at radius 1 is 1.16 bits per heavy atom. The van der Waals surface area contributed by atoms with Gasteiger partial charge in [-0.25, -0.2) is 4.39 Å². The molecule has 0 saturated carbocycles. The van der Waals surface area contributed by atoms with Crippen LogP contribution in [0, 0.1) is 12.7 Å². The van der Waals surface area contributed by atoms with Crippen molar-refractivity contribution in [2.24, 2.45) is 0 Å². The molecule has 0 saturated heterocycles. The maximum atomic E-state index is 13.2. The molecule has 1 atom stereocenters. The van der Waals surface area contributed by atoms with Gasteiger partial charge in [0, 0.05) is 6.04 Å². The van der Waals surface area contributed by atoms with Crippen molar-refractivity contribution in [3.05, 3.63) is 35.1 Å². The van der Waals surface area contributed by atoms with Gasteiger partial charge in [-0.3, -0.25) is 0 Å². The normalized spacial score (nSPS) is 12.6. The van der Waals surface area contributed by atoms with Crippen LogP contribution in [0.5, 0.6) is 0 Å². The molecular weight excluding hydrogens is 237 g/mol. The second-order valence-electron chi connectivity index (χ2n) is 5.40. The highest BCUT2D eigenvalue weighted by Crippen LogP contribution is 2.15. The first kappa shape index (κ1) is 16.2. The molecule has 0 fully saturated rings. The van der Waals surface area contributed by atoms with E-state index >= 15 is 0 Å². The van der Waals surface area contributed by atoms with E-state index in [-0.39, 0.29) is 5.82 Å². The standard InChI is InChI=1S/C17H28FN/c1-4-7-17(19-12-5-2)9-6-8-15-13-16(18)11-10-14(15)3/h10-11,13,17,19H,4-9,12H2,1-3H3. The number of aryl methyl sites for hydroxylation is 2. The number of rotatable bonds is 9. The first-order chi connectivity index (χ1) is 9.17. The van der Waals surface area contributed by atoms with E-state index in [0.29, 0.717) is 6.04 Å². The molecular formula is C17H28FN. The van der Waals surface area contributed by atoms with Gasteiger partial charge in [0.15, 0.2) is 0 Å². The maximum absolute atomic E-state index is 13.2. The molecule has 1 nitrogen and oxygen atoms in total. The zero-order chi connectivity index (χ0) is 14.1. The first-order valence-corrected chi connectivity index (χ1v) is 7.65. The minimum Gasteiger partial charge on any atom is -0.314 e. The smallest absolute Gasteiger partial charge is 0.123 e. The molecule has 0 radical (unpaired) electrons. The highest BCUT2D eigenvalue weighted by atomic mass is 19.1. The summed E-state index contributed by atoms with van der Waals surface area (Å²) in [6, 6.07) is 5.73. The van der Waals surface area contributed by atoms with Crippen LogP contribution in [0.3, 0.4) is 0 Å². The second kappa shape index (κ2) is 9.08. The lowest BCUT2D eigenvalue weighted by Crippen LogP contribution is -2.29. The largest absolute Gasteiger partial charge is 0.314 e. The molecule has 0 spiro atoms. The Bertz CT molecular complexity index is 362. The Morgan fingerprint density at radius 2 is 1.95 bits per heavy atom. The molecule has 0 bridgehead atoms. The molecule has 19 heavy (non-hydrogen) atoms. The molecule has 0 aliphatic carbocycles. The third kappa shape index (κ3) is 6.20. The third-order valence-corrected chi connectivity index (χ3v) is 3.63. The van der Waals surface area contributed by atoms with Crippen LogP contribution in [0.15, 0.2) is 18.2 Å². The highest BCUT2D eigenvalue weighted by molar-refractivity contribution is 5.26. The van der Waals surface area contributed by atoms with Gasteiger partial charge in [0.1, 0.15) is 5.82 Å². The van der Waals surface area contributed by atoms with Gasteiger partial charge in [-0.1, -0.05) is 26.3 Å². The lowest BCUT2D eigenvalue weighted by Gasteiger charge is -2.18. The zero-order valence-corrected chi connectivity index (χ0v) is 12.6. The predicted octanol–water partition coefficient (Wildman–Crippen LogP) is 4.63. The van der Waals surface area contributed by atoms with E-state index in [9.17, 15) is 4.39 Å². The van der Waals surface area contributed by atoms with E-state index in [1.54, 1.807) is 12.1 Å². The van der Waals surface area contributed by atoms with Gasteiger partial charge in [-0.2, -0.15) is 0 Å². The Kier molecular flexibility index (Phi) is 7.73. The highest BCUT2D eigenvalue weighted by Gasteiger charge is 2.07. The Balaban J connectivity index is 2.40. The van der Waals surface area contributed by atoms with E-state index < -0.39 is 0 Å². The summed E-state index contributed by atoms with van der Waals surface area (Å²) in [4.78, 5) is 0. The van der Waals surface area contributed by atoms with Crippen molar-refractivity contribution in [1.29, 1.82) is 0 Å². The number of nitrogens with one attached hydrogen (secondary N) is 1. The number of hydrogen-bond acceptors (Lipinski definition) is 1. The summed E-state index contributed by atoms with van der Waals surface area (Å²) in [7, 11) is 0.